The predicted octanol–water partition coefficient (Wildman–Crippen LogP) is 3.22. The third-order valence-corrected chi connectivity index (χ3v) is 3.36. The standard InChI is InChI=1S/C12H18Br2N2O/c1-12(2,3)16-6-10(17)7-4-8(13)11(15)9(14)5-7/h4-5,10,16-17H,6,15H2,1-3H3/i1D3,2D3,3D3. The highest BCUT2D eigenvalue weighted by atomic mass is 79.9. The van der Waals surface area contributed by atoms with Crippen molar-refractivity contribution in [1.29, 1.82) is 0 Å². The zero-order chi connectivity index (χ0) is 20.7. The molecule has 0 bridgehead atoms. The fourth-order valence-electron chi connectivity index (χ4n) is 1.16. The Morgan fingerprint density at radius 1 is 1.41 bits per heavy atom. The number of nitrogens with two attached hydrogens (primary N) is 1. The lowest BCUT2D eigenvalue weighted by Crippen LogP contribution is -2.38. The molecule has 0 heterocycles. The molecule has 0 aliphatic heterocycles. The lowest BCUT2D eigenvalue weighted by atomic mass is 10.1. The number of benzene rings is 1. The molecule has 1 aromatic carbocycles. The Bertz CT molecular complexity index is 599. The molecule has 0 aromatic heterocycles. The van der Waals surface area contributed by atoms with Crippen molar-refractivity contribution in [2.75, 3.05) is 12.3 Å². The van der Waals surface area contributed by atoms with Crippen molar-refractivity contribution < 1.29 is 17.4 Å². The fourth-order valence-corrected chi connectivity index (χ4v) is 2.39. The van der Waals surface area contributed by atoms with Crippen LogP contribution in [-0.2, 0) is 0 Å². The quantitative estimate of drug-likeness (QED) is 0.712. The van der Waals surface area contributed by atoms with Gasteiger partial charge in [-0.1, -0.05) is 0 Å². The number of aliphatic hydroxyl groups excluding tert-OH is 1. The van der Waals surface area contributed by atoms with Gasteiger partial charge < -0.3 is 16.2 Å². The van der Waals surface area contributed by atoms with E-state index in [0.29, 0.717) is 14.6 Å². The molecule has 1 unspecified atom stereocenters. The third kappa shape index (κ3) is 4.58. The highest BCUT2D eigenvalue weighted by Gasteiger charge is 2.15. The Morgan fingerprint density at radius 2 is 1.94 bits per heavy atom. The molecular formula is C12H18Br2N2O. The Hall–Kier alpha value is -0.100. The molecule has 0 amide bonds. The molecule has 0 aliphatic carbocycles. The van der Waals surface area contributed by atoms with Gasteiger partial charge in [-0.15, -0.1) is 0 Å². The summed E-state index contributed by atoms with van der Waals surface area (Å²) in [7, 11) is 0. The molecule has 0 saturated heterocycles. The van der Waals surface area contributed by atoms with Crippen LogP contribution in [0.5, 0.6) is 0 Å². The van der Waals surface area contributed by atoms with Gasteiger partial charge in [0.25, 0.3) is 0 Å². The molecule has 0 saturated carbocycles. The highest BCUT2D eigenvalue weighted by Crippen LogP contribution is 2.31. The summed E-state index contributed by atoms with van der Waals surface area (Å²) in [6, 6.07) is 2.93. The van der Waals surface area contributed by atoms with Gasteiger partial charge in [-0.05, 0) is 70.1 Å². The average Bonchev–Trinajstić information content (AvgIpc) is 2.39. The van der Waals surface area contributed by atoms with Crippen LogP contribution in [0.2, 0.25) is 0 Å². The summed E-state index contributed by atoms with van der Waals surface area (Å²) in [6.45, 7) is -10.8. The minimum Gasteiger partial charge on any atom is -0.397 e. The fraction of sp³-hybridized carbons (Fsp3) is 0.500. The number of nitrogen functional groups attached to an aromatic ring is 1. The van der Waals surface area contributed by atoms with Crippen molar-refractivity contribution in [2.45, 2.75) is 32.2 Å². The topological polar surface area (TPSA) is 58.3 Å². The first kappa shape index (κ1) is 6.37. The van der Waals surface area contributed by atoms with Crippen molar-refractivity contribution in [3.63, 3.8) is 0 Å². The second-order valence-electron chi connectivity index (χ2n) is 3.54. The van der Waals surface area contributed by atoms with Crippen LogP contribution in [0.1, 0.15) is 44.6 Å². The average molecular weight is 375 g/mol. The van der Waals surface area contributed by atoms with Gasteiger partial charge in [0.05, 0.1) is 11.8 Å². The maximum absolute atomic E-state index is 10.3. The van der Waals surface area contributed by atoms with E-state index in [1.165, 1.54) is 12.1 Å². The van der Waals surface area contributed by atoms with Crippen LogP contribution < -0.4 is 11.1 Å². The van der Waals surface area contributed by atoms with Crippen molar-refractivity contribution in [3.8, 4) is 0 Å². The molecule has 0 fully saturated rings. The van der Waals surface area contributed by atoms with Crippen LogP contribution >= 0.6 is 31.9 Å². The number of hydrogen-bond donors (Lipinski definition) is 3. The van der Waals surface area contributed by atoms with E-state index in [0.717, 1.165) is 0 Å². The normalized spacial score (nSPS) is 23.8. The molecule has 1 rings (SSSR count). The minimum absolute atomic E-state index is 0.279. The lowest BCUT2D eigenvalue weighted by molar-refractivity contribution is 0.163. The first-order valence-electron chi connectivity index (χ1n) is 9.13. The molecular weight excluding hydrogens is 348 g/mol. The van der Waals surface area contributed by atoms with Crippen LogP contribution in [0.25, 0.3) is 0 Å². The molecule has 1 atom stereocenters. The van der Waals surface area contributed by atoms with Crippen molar-refractivity contribution in [3.05, 3.63) is 26.6 Å². The summed E-state index contributed by atoms with van der Waals surface area (Å²) in [5.74, 6) is 0. The van der Waals surface area contributed by atoms with Gasteiger partial charge in [0.1, 0.15) is 0 Å². The molecule has 5 heteroatoms. The summed E-state index contributed by atoms with van der Waals surface area (Å²) in [5.41, 5.74) is 3.20. The van der Waals surface area contributed by atoms with Gasteiger partial charge in [0.2, 0.25) is 0 Å². The number of nitrogens with one attached hydrogen (secondary N) is 1. The smallest absolute Gasteiger partial charge is 0.0915 e. The maximum Gasteiger partial charge on any atom is 0.0915 e. The van der Waals surface area contributed by atoms with Crippen molar-refractivity contribution in [1.82, 2.24) is 5.32 Å². The molecule has 1 aromatic rings. The molecule has 0 spiro atoms. The van der Waals surface area contributed by atoms with E-state index in [2.05, 4.69) is 37.2 Å². The first-order valence-corrected chi connectivity index (χ1v) is 6.22. The number of hydrogen-bond acceptors (Lipinski definition) is 3. The van der Waals surface area contributed by atoms with E-state index in [1.54, 1.807) is 0 Å². The van der Waals surface area contributed by atoms with E-state index in [4.69, 9.17) is 18.1 Å². The van der Waals surface area contributed by atoms with Gasteiger partial charge in [-0.3, -0.25) is 0 Å². The van der Waals surface area contributed by atoms with Crippen LogP contribution in [0.4, 0.5) is 5.69 Å². The largest absolute Gasteiger partial charge is 0.397 e. The zero-order valence-corrected chi connectivity index (χ0v) is 11.9. The van der Waals surface area contributed by atoms with E-state index >= 15 is 0 Å². The van der Waals surface area contributed by atoms with Gasteiger partial charge in [-0.2, -0.15) is 0 Å². The maximum atomic E-state index is 10.3. The Kier molecular flexibility index (Phi) is 2.13. The van der Waals surface area contributed by atoms with Crippen LogP contribution in [0.3, 0.4) is 0 Å². The summed E-state index contributed by atoms with van der Waals surface area (Å²) in [4.78, 5) is 0. The number of rotatable bonds is 3. The van der Waals surface area contributed by atoms with Crippen LogP contribution in [0.15, 0.2) is 21.1 Å². The Morgan fingerprint density at radius 3 is 2.41 bits per heavy atom. The zero-order valence-electron chi connectivity index (χ0n) is 17.7. The number of anilines is 1. The van der Waals surface area contributed by atoms with Crippen molar-refractivity contribution in [2.24, 2.45) is 0 Å². The molecule has 4 N–H and O–H groups in total. The SMILES string of the molecule is [2H]C([2H])([2H])C(NCC(O)c1cc(Br)c(N)c(Br)c1)(C([2H])([2H])[2H])C([2H])([2H])[2H]. The molecule has 3 nitrogen and oxygen atoms in total. The van der Waals surface area contributed by atoms with Crippen LogP contribution in [-0.4, -0.2) is 17.2 Å². The predicted molar refractivity (Wildman–Crippen MR) is 79.0 cm³/mol. The summed E-state index contributed by atoms with van der Waals surface area (Å²) >= 11 is 6.39. The summed E-state index contributed by atoms with van der Waals surface area (Å²) in [6.07, 6.45) is -1.38. The first-order chi connectivity index (χ1) is 11.5. The van der Waals surface area contributed by atoms with Gasteiger partial charge in [-0.25, -0.2) is 0 Å². The number of halogens is 2. The monoisotopic (exact) mass is 373 g/mol. The summed E-state index contributed by atoms with van der Waals surface area (Å²) < 4.78 is 68.7. The number of β-amino-alcohol motifs (C(OH)–C–C–N with tert-alkyl or cyclic N) is 1. The van der Waals surface area contributed by atoms with E-state index < -0.39 is 38.7 Å². The second kappa shape index (κ2) is 5.69. The highest BCUT2D eigenvalue weighted by molar-refractivity contribution is 9.11. The third-order valence-electron chi connectivity index (χ3n) is 2.05. The van der Waals surface area contributed by atoms with Gasteiger partial charge in [0.15, 0.2) is 0 Å². The Labute approximate surface area is 132 Å². The van der Waals surface area contributed by atoms with E-state index in [1.807, 2.05) is 0 Å². The van der Waals surface area contributed by atoms with Crippen LogP contribution in [0, 0.1) is 0 Å². The second-order valence-corrected chi connectivity index (χ2v) is 5.25. The van der Waals surface area contributed by atoms with E-state index in [9.17, 15) is 5.11 Å². The van der Waals surface area contributed by atoms with Gasteiger partial charge in [0, 0.05) is 33.4 Å². The molecule has 17 heavy (non-hydrogen) atoms. The number of aliphatic hydroxyl groups is 1. The Balaban J connectivity index is 3.27. The minimum atomic E-state index is -3.38. The van der Waals surface area contributed by atoms with Gasteiger partial charge >= 0.3 is 0 Å². The summed E-state index contributed by atoms with van der Waals surface area (Å²) in [5, 5.41) is 12.4. The molecule has 0 aliphatic rings. The molecule has 96 valence electrons. The molecule has 0 radical (unpaired) electrons. The van der Waals surface area contributed by atoms with E-state index in [-0.39, 0.29) is 5.56 Å². The lowest BCUT2D eigenvalue weighted by Gasteiger charge is -2.23. The van der Waals surface area contributed by atoms with Crippen molar-refractivity contribution >= 4 is 37.5 Å².